The van der Waals surface area contributed by atoms with Gasteiger partial charge in [-0.15, -0.1) is 0 Å². The van der Waals surface area contributed by atoms with E-state index < -0.39 is 6.10 Å². The number of benzene rings is 3. The predicted octanol–water partition coefficient (Wildman–Crippen LogP) is 4.18. The summed E-state index contributed by atoms with van der Waals surface area (Å²) in [6.07, 6.45) is 0.340. The summed E-state index contributed by atoms with van der Waals surface area (Å²) in [4.78, 5) is 2.28. The Balaban J connectivity index is 1.58. The molecule has 0 bridgehead atoms. The molecular formula is C25H29NO3. The molecule has 0 radical (unpaired) electrons. The molecule has 1 atom stereocenters. The van der Waals surface area contributed by atoms with Crippen LogP contribution in [0, 0.1) is 0 Å². The highest BCUT2D eigenvalue weighted by Crippen LogP contribution is 2.25. The highest BCUT2D eigenvalue weighted by Gasteiger charge is 2.14. The van der Waals surface area contributed by atoms with E-state index in [0.717, 1.165) is 19.5 Å². The van der Waals surface area contributed by atoms with E-state index in [1.54, 1.807) is 7.11 Å². The fraction of sp³-hybridized carbons (Fsp3) is 0.280. The van der Waals surface area contributed by atoms with E-state index in [0.29, 0.717) is 18.0 Å². The normalized spacial score (nSPS) is 12.0. The molecule has 1 N–H and O–H groups in total. The Hall–Kier alpha value is -2.82. The Labute approximate surface area is 173 Å². The number of aliphatic hydroxyl groups is 1. The van der Waals surface area contributed by atoms with Crippen LogP contribution in [0.5, 0.6) is 11.5 Å². The molecule has 0 amide bonds. The van der Waals surface area contributed by atoms with Crippen molar-refractivity contribution in [2.45, 2.75) is 19.1 Å². The monoisotopic (exact) mass is 391 g/mol. The Bertz CT molecular complexity index is 839. The van der Waals surface area contributed by atoms with Gasteiger partial charge in [-0.2, -0.15) is 0 Å². The zero-order chi connectivity index (χ0) is 20.3. The molecule has 4 nitrogen and oxygen atoms in total. The van der Waals surface area contributed by atoms with Gasteiger partial charge in [0.2, 0.25) is 0 Å². The number of para-hydroxylation sites is 2. The second-order valence-electron chi connectivity index (χ2n) is 7.07. The lowest BCUT2D eigenvalue weighted by atomic mass is 10.1. The van der Waals surface area contributed by atoms with Gasteiger partial charge in [0, 0.05) is 19.6 Å². The average Bonchev–Trinajstić information content (AvgIpc) is 2.77. The van der Waals surface area contributed by atoms with Crippen LogP contribution in [0.4, 0.5) is 0 Å². The first-order valence-electron chi connectivity index (χ1n) is 9.98. The van der Waals surface area contributed by atoms with Crippen molar-refractivity contribution >= 4 is 0 Å². The summed E-state index contributed by atoms with van der Waals surface area (Å²) < 4.78 is 11.1. The lowest BCUT2D eigenvalue weighted by Gasteiger charge is -2.25. The van der Waals surface area contributed by atoms with Gasteiger partial charge in [-0.05, 0) is 29.7 Å². The van der Waals surface area contributed by atoms with E-state index in [1.807, 2.05) is 48.5 Å². The van der Waals surface area contributed by atoms with E-state index in [1.165, 1.54) is 11.1 Å². The maximum absolute atomic E-state index is 10.6. The molecule has 4 heteroatoms. The smallest absolute Gasteiger partial charge is 0.161 e. The third-order valence-corrected chi connectivity index (χ3v) is 4.78. The number of aliphatic hydroxyl groups excluding tert-OH is 1. The van der Waals surface area contributed by atoms with E-state index in [-0.39, 0.29) is 6.61 Å². The van der Waals surface area contributed by atoms with Gasteiger partial charge in [0.25, 0.3) is 0 Å². The number of hydrogen-bond acceptors (Lipinski definition) is 4. The van der Waals surface area contributed by atoms with Gasteiger partial charge in [0.1, 0.15) is 12.7 Å². The van der Waals surface area contributed by atoms with Crippen molar-refractivity contribution < 1.29 is 14.6 Å². The molecule has 0 spiro atoms. The highest BCUT2D eigenvalue weighted by molar-refractivity contribution is 5.39. The molecule has 0 saturated carbocycles. The number of ether oxygens (including phenoxy) is 2. The van der Waals surface area contributed by atoms with Crippen LogP contribution in [0.1, 0.15) is 11.1 Å². The van der Waals surface area contributed by atoms with Gasteiger partial charge in [0.15, 0.2) is 11.5 Å². The quantitative estimate of drug-likeness (QED) is 0.532. The molecule has 3 aromatic rings. The number of hydrogen-bond donors (Lipinski definition) is 1. The first-order chi connectivity index (χ1) is 14.2. The second-order valence-corrected chi connectivity index (χ2v) is 7.07. The van der Waals surface area contributed by atoms with Crippen molar-refractivity contribution in [3.8, 4) is 11.5 Å². The minimum Gasteiger partial charge on any atom is -0.493 e. The fourth-order valence-electron chi connectivity index (χ4n) is 3.28. The van der Waals surface area contributed by atoms with Crippen molar-refractivity contribution in [2.24, 2.45) is 0 Å². The van der Waals surface area contributed by atoms with Gasteiger partial charge < -0.3 is 14.6 Å². The molecule has 152 valence electrons. The van der Waals surface area contributed by atoms with Crippen molar-refractivity contribution in [2.75, 3.05) is 26.8 Å². The molecule has 3 rings (SSSR count). The Morgan fingerprint density at radius 2 is 1.38 bits per heavy atom. The van der Waals surface area contributed by atoms with Crippen LogP contribution in [-0.4, -0.2) is 42.9 Å². The molecule has 0 saturated heterocycles. The third-order valence-electron chi connectivity index (χ3n) is 4.78. The minimum absolute atomic E-state index is 0.219. The zero-order valence-corrected chi connectivity index (χ0v) is 16.9. The first kappa shape index (κ1) is 20.9. The van der Waals surface area contributed by atoms with Crippen LogP contribution in [0.15, 0.2) is 84.9 Å². The molecule has 0 heterocycles. The van der Waals surface area contributed by atoms with E-state index in [9.17, 15) is 5.11 Å². The molecule has 0 aliphatic heterocycles. The van der Waals surface area contributed by atoms with Crippen LogP contribution in [0.2, 0.25) is 0 Å². The van der Waals surface area contributed by atoms with Crippen molar-refractivity contribution in [3.63, 3.8) is 0 Å². The van der Waals surface area contributed by atoms with E-state index in [2.05, 4.69) is 41.3 Å². The second kappa shape index (κ2) is 11.2. The maximum Gasteiger partial charge on any atom is 0.161 e. The Morgan fingerprint density at radius 3 is 2.03 bits per heavy atom. The van der Waals surface area contributed by atoms with Crippen molar-refractivity contribution in [1.82, 2.24) is 4.90 Å². The predicted molar refractivity (Wildman–Crippen MR) is 116 cm³/mol. The lowest BCUT2D eigenvalue weighted by molar-refractivity contribution is 0.0650. The summed E-state index contributed by atoms with van der Waals surface area (Å²) in [5.74, 6) is 1.32. The molecule has 0 aliphatic rings. The largest absolute Gasteiger partial charge is 0.493 e. The van der Waals surface area contributed by atoms with Crippen molar-refractivity contribution in [3.05, 3.63) is 96.1 Å². The maximum atomic E-state index is 10.6. The lowest BCUT2D eigenvalue weighted by Crippen LogP contribution is -2.36. The fourth-order valence-corrected chi connectivity index (χ4v) is 3.28. The molecule has 29 heavy (non-hydrogen) atoms. The van der Waals surface area contributed by atoms with Crippen LogP contribution >= 0.6 is 0 Å². The standard InChI is InChI=1S/C25H29NO3/c1-28-24-14-8-9-15-25(24)29-20-23(27)19-26(18-22-12-6-3-7-13-22)17-16-21-10-4-2-5-11-21/h2-15,23,27H,16-20H2,1H3/t23-/m0/s1. The van der Waals surface area contributed by atoms with E-state index >= 15 is 0 Å². The first-order valence-corrected chi connectivity index (χ1v) is 9.98. The topological polar surface area (TPSA) is 41.9 Å². The summed E-state index contributed by atoms with van der Waals surface area (Å²) in [7, 11) is 1.61. The number of methoxy groups -OCH3 is 1. The molecular weight excluding hydrogens is 362 g/mol. The van der Waals surface area contributed by atoms with Crippen LogP contribution in [-0.2, 0) is 13.0 Å². The van der Waals surface area contributed by atoms with Crippen LogP contribution < -0.4 is 9.47 Å². The van der Waals surface area contributed by atoms with E-state index in [4.69, 9.17) is 9.47 Å². The summed E-state index contributed by atoms with van der Waals surface area (Å²) in [5.41, 5.74) is 2.53. The van der Waals surface area contributed by atoms with Gasteiger partial charge in [-0.3, -0.25) is 4.90 Å². The SMILES string of the molecule is COc1ccccc1OC[C@@H](O)CN(CCc1ccccc1)Cc1ccccc1. The summed E-state index contributed by atoms with van der Waals surface area (Å²) in [6, 6.07) is 28.3. The van der Waals surface area contributed by atoms with Crippen LogP contribution in [0.3, 0.4) is 0 Å². The molecule has 0 unspecified atom stereocenters. The molecule has 0 aliphatic carbocycles. The molecule has 3 aromatic carbocycles. The Morgan fingerprint density at radius 1 is 0.793 bits per heavy atom. The minimum atomic E-state index is -0.598. The van der Waals surface area contributed by atoms with Gasteiger partial charge >= 0.3 is 0 Å². The van der Waals surface area contributed by atoms with Gasteiger partial charge in [-0.1, -0.05) is 72.8 Å². The number of rotatable bonds is 11. The zero-order valence-electron chi connectivity index (χ0n) is 16.9. The van der Waals surface area contributed by atoms with Gasteiger partial charge in [-0.25, -0.2) is 0 Å². The summed E-state index contributed by atoms with van der Waals surface area (Å²) in [5, 5.41) is 10.6. The highest BCUT2D eigenvalue weighted by atomic mass is 16.5. The van der Waals surface area contributed by atoms with Crippen molar-refractivity contribution in [1.29, 1.82) is 0 Å². The third kappa shape index (κ3) is 6.93. The average molecular weight is 392 g/mol. The number of nitrogens with zero attached hydrogens (tertiary/aromatic N) is 1. The molecule has 0 fully saturated rings. The van der Waals surface area contributed by atoms with Crippen LogP contribution in [0.25, 0.3) is 0 Å². The Kier molecular flexibility index (Phi) is 8.11. The molecule has 0 aromatic heterocycles. The summed E-state index contributed by atoms with van der Waals surface area (Å²) >= 11 is 0. The van der Waals surface area contributed by atoms with Gasteiger partial charge in [0.05, 0.1) is 7.11 Å². The summed E-state index contributed by atoms with van der Waals surface area (Å²) in [6.45, 7) is 2.41.